The van der Waals surface area contributed by atoms with Crippen molar-refractivity contribution in [2.24, 2.45) is 0 Å². The van der Waals surface area contributed by atoms with Gasteiger partial charge in [0.1, 0.15) is 23.9 Å². The van der Waals surface area contributed by atoms with Gasteiger partial charge in [0.15, 0.2) is 0 Å². The van der Waals surface area contributed by atoms with Crippen molar-refractivity contribution in [3.05, 3.63) is 52.3 Å². The Morgan fingerprint density at radius 2 is 2.11 bits per heavy atom. The van der Waals surface area contributed by atoms with E-state index in [0.717, 1.165) is 11.3 Å². The molecule has 5 heteroatoms. The number of phenolic OH excluding ortho intramolecular Hbond substituents is 1. The number of hydrogen-bond donors (Lipinski definition) is 2. The number of anilines is 1. The molecule has 0 saturated carbocycles. The lowest BCUT2D eigenvalue weighted by atomic mass is 10.1. The summed E-state index contributed by atoms with van der Waals surface area (Å²) in [5.41, 5.74) is 1.79. The summed E-state index contributed by atoms with van der Waals surface area (Å²) in [5, 5.41) is 12.7. The van der Waals surface area contributed by atoms with Crippen LogP contribution in [0.15, 0.2) is 40.9 Å². The standard InChI is InChI=1S/C14H11BrFNO2/c15-11-5-8(1-4-12(11)16)17-13-7-19-14-6-9(18)2-3-10(13)14/h1-6,13,17-18H,7H2. The number of ether oxygens (including phenoxy) is 1. The lowest BCUT2D eigenvalue weighted by molar-refractivity contribution is 0.338. The fourth-order valence-corrected chi connectivity index (χ4v) is 2.48. The van der Waals surface area contributed by atoms with Gasteiger partial charge in [-0.1, -0.05) is 0 Å². The maximum Gasteiger partial charge on any atom is 0.137 e. The van der Waals surface area contributed by atoms with E-state index in [1.807, 2.05) is 6.07 Å². The van der Waals surface area contributed by atoms with Gasteiger partial charge in [0.05, 0.1) is 10.5 Å². The highest BCUT2D eigenvalue weighted by Crippen LogP contribution is 2.37. The Hall–Kier alpha value is -1.75. The Morgan fingerprint density at radius 3 is 2.89 bits per heavy atom. The molecule has 2 N–H and O–H groups in total. The number of rotatable bonds is 2. The fraction of sp³-hybridized carbons (Fsp3) is 0.143. The highest BCUT2D eigenvalue weighted by molar-refractivity contribution is 9.10. The van der Waals surface area contributed by atoms with Crippen LogP contribution in [0.25, 0.3) is 0 Å². The number of hydrogen-bond acceptors (Lipinski definition) is 3. The van der Waals surface area contributed by atoms with E-state index in [0.29, 0.717) is 16.8 Å². The number of benzene rings is 2. The van der Waals surface area contributed by atoms with Gasteiger partial charge >= 0.3 is 0 Å². The van der Waals surface area contributed by atoms with Crippen molar-refractivity contribution in [2.45, 2.75) is 6.04 Å². The molecular formula is C14H11BrFNO2. The van der Waals surface area contributed by atoms with E-state index in [9.17, 15) is 9.50 Å². The first-order valence-corrected chi connectivity index (χ1v) is 6.60. The van der Waals surface area contributed by atoms with Crippen molar-refractivity contribution >= 4 is 21.6 Å². The number of phenols is 1. The van der Waals surface area contributed by atoms with Crippen LogP contribution in [0.1, 0.15) is 11.6 Å². The molecule has 0 bridgehead atoms. The van der Waals surface area contributed by atoms with Crippen molar-refractivity contribution in [3.63, 3.8) is 0 Å². The third-order valence-electron chi connectivity index (χ3n) is 3.04. The van der Waals surface area contributed by atoms with Crippen LogP contribution in [0.5, 0.6) is 11.5 Å². The maximum atomic E-state index is 13.2. The van der Waals surface area contributed by atoms with Crippen molar-refractivity contribution in [1.82, 2.24) is 0 Å². The summed E-state index contributed by atoms with van der Waals surface area (Å²) in [6.45, 7) is 0.480. The van der Waals surface area contributed by atoms with Gasteiger partial charge in [0.25, 0.3) is 0 Å². The van der Waals surface area contributed by atoms with Gasteiger partial charge in [-0.25, -0.2) is 4.39 Å². The smallest absolute Gasteiger partial charge is 0.137 e. The number of aromatic hydroxyl groups is 1. The number of fused-ring (bicyclic) bond motifs is 1. The predicted octanol–water partition coefficient (Wildman–Crippen LogP) is 3.84. The zero-order chi connectivity index (χ0) is 13.4. The molecule has 0 saturated heterocycles. The quantitative estimate of drug-likeness (QED) is 0.882. The van der Waals surface area contributed by atoms with E-state index < -0.39 is 0 Å². The molecule has 0 spiro atoms. The predicted molar refractivity (Wildman–Crippen MR) is 74.1 cm³/mol. The van der Waals surface area contributed by atoms with Crippen LogP contribution in [-0.4, -0.2) is 11.7 Å². The third kappa shape index (κ3) is 2.38. The van der Waals surface area contributed by atoms with E-state index >= 15 is 0 Å². The van der Waals surface area contributed by atoms with Gasteiger partial charge in [-0.15, -0.1) is 0 Å². The highest BCUT2D eigenvalue weighted by Gasteiger charge is 2.24. The summed E-state index contributed by atoms with van der Waals surface area (Å²) in [5.74, 6) is 0.571. The molecule has 0 fully saturated rings. The molecule has 0 amide bonds. The number of nitrogens with one attached hydrogen (secondary N) is 1. The lowest BCUT2D eigenvalue weighted by Gasteiger charge is -2.13. The molecule has 1 aliphatic heterocycles. The largest absolute Gasteiger partial charge is 0.508 e. The minimum absolute atomic E-state index is 0.00652. The Morgan fingerprint density at radius 1 is 1.26 bits per heavy atom. The van der Waals surface area contributed by atoms with Crippen LogP contribution in [0, 0.1) is 5.82 Å². The van der Waals surface area contributed by atoms with E-state index in [4.69, 9.17) is 4.74 Å². The highest BCUT2D eigenvalue weighted by atomic mass is 79.9. The van der Waals surface area contributed by atoms with Gasteiger partial charge in [-0.2, -0.15) is 0 Å². The fourth-order valence-electron chi connectivity index (χ4n) is 2.11. The average molecular weight is 324 g/mol. The second-order valence-corrected chi connectivity index (χ2v) is 5.21. The Labute approximate surface area is 118 Å². The van der Waals surface area contributed by atoms with Crippen LogP contribution in [0.2, 0.25) is 0 Å². The second-order valence-electron chi connectivity index (χ2n) is 4.36. The van der Waals surface area contributed by atoms with Gasteiger partial charge in [-0.3, -0.25) is 0 Å². The first kappa shape index (κ1) is 12.3. The molecule has 0 aliphatic carbocycles. The SMILES string of the molecule is Oc1ccc2c(c1)OCC2Nc1ccc(F)c(Br)c1. The molecular weight excluding hydrogens is 313 g/mol. The summed E-state index contributed by atoms with van der Waals surface area (Å²) in [6, 6.07) is 9.81. The summed E-state index contributed by atoms with van der Waals surface area (Å²) >= 11 is 3.16. The van der Waals surface area contributed by atoms with Crippen molar-refractivity contribution in [3.8, 4) is 11.5 Å². The molecule has 1 unspecified atom stereocenters. The average Bonchev–Trinajstić information content (AvgIpc) is 2.76. The van der Waals surface area contributed by atoms with Crippen LogP contribution >= 0.6 is 15.9 Å². The van der Waals surface area contributed by atoms with Gasteiger partial charge in [0.2, 0.25) is 0 Å². The van der Waals surface area contributed by atoms with E-state index in [2.05, 4.69) is 21.2 Å². The minimum Gasteiger partial charge on any atom is -0.508 e. The topological polar surface area (TPSA) is 41.5 Å². The first-order valence-electron chi connectivity index (χ1n) is 5.81. The molecule has 3 nitrogen and oxygen atoms in total. The van der Waals surface area contributed by atoms with Crippen molar-refractivity contribution in [1.29, 1.82) is 0 Å². The Balaban J connectivity index is 1.84. The van der Waals surface area contributed by atoms with Crippen molar-refractivity contribution in [2.75, 3.05) is 11.9 Å². The molecule has 1 heterocycles. The monoisotopic (exact) mass is 323 g/mol. The molecule has 3 rings (SSSR count). The first-order chi connectivity index (χ1) is 9.13. The minimum atomic E-state index is -0.293. The molecule has 2 aromatic carbocycles. The van der Waals surface area contributed by atoms with Crippen LogP contribution < -0.4 is 10.1 Å². The van der Waals surface area contributed by atoms with E-state index in [1.165, 1.54) is 6.07 Å². The molecule has 2 aromatic rings. The number of halogens is 2. The van der Waals surface area contributed by atoms with Gasteiger partial charge < -0.3 is 15.2 Å². The van der Waals surface area contributed by atoms with Gasteiger partial charge in [0, 0.05) is 17.3 Å². The Bertz CT molecular complexity index is 633. The summed E-state index contributed by atoms with van der Waals surface area (Å²) in [6.07, 6.45) is 0. The normalized spacial score (nSPS) is 16.8. The van der Waals surface area contributed by atoms with Crippen LogP contribution in [-0.2, 0) is 0 Å². The summed E-state index contributed by atoms with van der Waals surface area (Å²) in [7, 11) is 0. The van der Waals surface area contributed by atoms with E-state index in [-0.39, 0.29) is 17.6 Å². The molecule has 0 radical (unpaired) electrons. The molecule has 19 heavy (non-hydrogen) atoms. The summed E-state index contributed by atoms with van der Waals surface area (Å²) in [4.78, 5) is 0. The van der Waals surface area contributed by atoms with Crippen molar-refractivity contribution < 1.29 is 14.2 Å². The van der Waals surface area contributed by atoms with Crippen LogP contribution in [0.4, 0.5) is 10.1 Å². The summed E-state index contributed by atoms with van der Waals surface area (Å²) < 4.78 is 19.1. The zero-order valence-corrected chi connectivity index (χ0v) is 11.4. The molecule has 0 aromatic heterocycles. The molecule has 98 valence electrons. The third-order valence-corrected chi connectivity index (χ3v) is 3.65. The van der Waals surface area contributed by atoms with Gasteiger partial charge in [-0.05, 0) is 46.3 Å². The zero-order valence-electron chi connectivity index (χ0n) is 9.86. The van der Waals surface area contributed by atoms with E-state index in [1.54, 1.807) is 24.3 Å². The molecule has 1 atom stereocenters. The Kier molecular flexibility index (Phi) is 3.06. The molecule has 1 aliphatic rings. The lowest BCUT2D eigenvalue weighted by Crippen LogP contribution is -2.11. The second kappa shape index (κ2) is 4.74. The maximum absolute atomic E-state index is 13.2. The van der Waals surface area contributed by atoms with Crippen LogP contribution in [0.3, 0.4) is 0 Å².